The maximum absolute atomic E-state index is 13.6. The summed E-state index contributed by atoms with van der Waals surface area (Å²) in [5.74, 6) is 0.369. The van der Waals surface area contributed by atoms with Crippen LogP contribution in [0, 0.1) is 5.41 Å². The number of fused-ring (bicyclic) bond motifs is 2. The van der Waals surface area contributed by atoms with Crippen molar-refractivity contribution >= 4 is 38.6 Å². The van der Waals surface area contributed by atoms with Gasteiger partial charge in [-0.3, -0.25) is 4.79 Å². The van der Waals surface area contributed by atoms with Gasteiger partial charge in [0, 0.05) is 18.7 Å². The van der Waals surface area contributed by atoms with Crippen molar-refractivity contribution in [1.82, 2.24) is 20.0 Å². The largest absolute Gasteiger partial charge is 0.336 e. The Balaban J connectivity index is 1.51. The first-order chi connectivity index (χ1) is 14.8. The molecule has 0 aliphatic heterocycles. The third kappa shape index (κ3) is 4.06. The van der Waals surface area contributed by atoms with Gasteiger partial charge in [0.25, 0.3) is 11.6 Å². The molecule has 7 heteroatoms. The van der Waals surface area contributed by atoms with Crippen LogP contribution in [-0.2, 0) is 13.0 Å². The molecule has 3 heterocycles. The van der Waals surface area contributed by atoms with Gasteiger partial charge < -0.3 is 9.42 Å². The van der Waals surface area contributed by atoms with Gasteiger partial charge in [0.05, 0.1) is 33.4 Å². The number of hydrogen-bond donors (Lipinski definition) is 0. The molecule has 0 N–H and O–H groups in total. The van der Waals surface area contributed by atoms with Gasteiger partial charge in [-0.05, 0) is 42.9 Å². The van der Waals surface area contributed by atoms with Gasteiger partial charge in [-0.1, -0.05) is 38.1 Å². The van der Waals surface area contributed by atoms with Gasteiger partial charge in [-0.15, -0.1) is 11.3 Å². The number of aromatic nitrogens is 3. The number of para-hydroxylation sites is 1. The van der Waals surface area contributed by atoms with Crippen LogP contribution < -0.4 is 0 Å². The van der Waals surface area contributed by atoms with Gasteiger partial charge in [0.1, 0.15) is 5.01 Å². The second-order valence-corrected chi connectivity index (χ2v) is 10.8. The second-order valence-electron chi connectivity index (χ2n) is 9.65. The van der Waals surface area contributed by atoms with E-state index in [1.54, 1.807) is 16.2 Å². The molecule has 1 aromatic carbocycles. The number of pyridine rings is 1. The normalized spacial score (nSPS) is 14.5. The standard InChI is InChI=1S/C24H26N4O2S/c1-24(2,3)12-18-21-15(11-17(14-9-10-14)26-22(21)30-27-18)23(29)28(4)13-20-25-16-7-5-6-8-19(16)31-20/h5-8,11,14H,9-10,12-13H2,1-4H3. The molecule has 0 unspecified atom stereocenters. The van der Waals surface area contributed by atoms with E-state index in [9.17, 15) is 4.79 Å². The van der Waals surface area contributed by atoms with Crippen LogP contribution in [0.1, 0.15) is 66.3 Å². The molecular formula is C24H26N4O2S. The average molecular weight is 435 g/mol. The summed E-state index contributed by atoms with van der Waals surface area (Å²) in [4.78, 5) is 24.7. The highest BCUT2D eigenvalue weighted by Crippen LogP contribution is 2.41. The highest BCUT2D eigenvalue weighted by molar-refractivity contribution is 7.18. The Labute approximate surface area is 185 Å². The summed E-state index contributed by atoms with van der Waals surface area (Å²) in [6.07, 6.45) is 2.93. The van der Waals surface area contributed by atoms with Crippen molar-refractivity contribution in [2.45, 2.75) is 52.5 Å². The number of nitrogens with zero attached hydrogens (tertiary/aromatic N) is 4. The number of rotatable bonds is 5. The molecule has 1 amide bonds. The maximum Gasteiger partial charge on any atom is 0.259 e. The molecule has 31 heavy (non-hydrogen) atoms. The molecule has 5 rings (SSSR count). The Morgan fingerprint density at radius 2 is 2.00 bits per heavy atom. The summed E-state index contributed by atoms with van der Waals surface area (Å²) < 4.78 is 6.73. The summed E-state index contributed by atoms with van der Waals surface area (Å²) in [6.45, 7) is 6.92. The molecule has 1 aliphatic carbocycles. The predicted molar refractivity (Wildman–Crippen MR) is 122 cm³/mol. The van der Waals surface area contributed by atoms with Crippen molar-refractivity contribution in [1.29, 1.82) is 0 Å². The summed E-state index contributed by atoms with van der Waals surface area (Å²) in [7, 11) is 1.83. The van der Waals surface area contributed by atoms with E-state index >= 15 is 0 Å². The van der Waals surface area contributed by atoms with E-state index in [1.807, 2.05) is 31.3 Å². The first-order valence-electron chi connectivity index (χ1n) is 10.7. The molecule has 4 aromatic rings. The lowest BCUT2D eigenvalue weighted by atomic mass is 9.89. The SMILES string of the molecule is CN(Cc1nc2ccccc2s1)C(=O)c1cc(C2CC2)nc2onc(CC(C)(C)C)c12. The molecule has 6 nitrogen and oxygen atoms in total. The molecule has 0 radical (unpaired) electrons. The zero-order valence-corrected chi connectivity index (χ0v) is 19.1. The van der Waals surface area contributed by atoms with Crippen LogP contribution in [0.4, 0.5) is 0 Å². The summed E-state index contributed by atoms with van der Waals surface area (Å²) in [5, 5.41) is 5.97. The van der Waals surface area contributed by atoms with Gasteiger partial charge in [-0.2, -0.15) is 0 Å². The van der Waals surface area contributed by atoms with Gasteiger partial charge in [0.15, 0.2) is 0 Å². The van der Waals surface area contributed by atoms with Crippen LogP contribution >= 0.6 is 11.3 Å². The summed E-state index contributed by atoms with van der Waals surface area (Å²) in [6, 6.07) is 10.0. The monoisotopic (exact) mass is 434 g/mol. The fraction of sp³-hybridized carbons (Fsp3) is 0.417. The van der Waals surface area contributed by atoms with E-state index in [4.69, 9.17) is 9.51 Å². The lowest BCUT2D eigenvalue weighted by Crippen LogP contribution is -2.26. The number of carbonyl (C=O) groups is 1. The lowest BCUT2D eigenvalue weighted by Gasteiger charge is -2.18. The third-order valence-corrected chi connectivity index (χ3v) is 6.54. The maximum atomic E-state index is 13.6. The summed E-state index contributed by atoms with van der Waals surface area (Å²) >= 11 is 1.62. The van der Waals surface area contributed by atoms with Crippen molar-refractivity contribution in [3.05, 3.63) is 52.3 Å². The highest BCUT2D eigenvalue weighted by atomic mass is 32.1. The minimum absolute atomic E-state index is 0.0200. The predicted octanol–water partition coefficient (Wildman–Crippen LogP) is 5.57. The molecule has 1 fully saturated rings. The van der Waals surface area contributed by atoms with Crippen LogP contribution in [0.3, 0.4) is 0 Å². The Morgan fingerprint density at radius 3 is 2.71 bits per heavy atom. The molecule has 0 bridgehead atoms. The van der Waals surface area contributed by atoms with E-state index in [-0.39, 0.29) is 11.3 Å². The van der Waals surface area contributed by atoms with Crippen LogP contribution in [0.2, 0.25) is 0 Å². The van der Waals surface area contributed by atoms with Crippen LogP contribution in [0.15, 0.2) is 34.9 Å². The zero-order chi connectivity index (χ0) is 21.8. The van der Waals surface area contributed by atoms with E-state index in [0.717, 1.165) is 44.8 Å². The topological polar surface area (TPSA) is 72.1 Å². The van der Waals surface area contributed by atoms with E-state index in [0.29, 0.717) is 30.2 Å². The second kappa shape index (κ2) is 7.41. The third-order valence-electron chi connectivity index (χ3n) is 5.52. The van der Waals surface area contributed by atoms with Crippen molar-refractivity contribution < 1.29 is 9.32 Å². The van der Waals surface area contributed by atoms with E-state index < -0.39 is 0 Å². The van der Waals surface area contributed by atoms with Crippen LogP contribution in [0.5, 0.6) is 0 Å². The number of benzene rings is 1. The Morgan fingerprint density at radius 1 is 1.23 bits per heavy atom. The lowest BCUT2D eigenvalue weighted by molar-refractivity contribution is 0.0786. The minimum atomic E-state index is -0.0492. The molecule has 160 valence electrons. The Kier molecular flexibility index (Phi) is 4.81. The highest BCUT2D eigenvalue weighted by Gasteiger charge is 2.30. The first kappa shape index (κ1) is 20.1. The molecule has 0 spiro atoms. The van der Waals surface area contributed by atoms with Gasteiger partial charge in [0.2, 0.25) is 0 Å². The molecule has 1 saturated carbocycles. The number of amides is 1. The number of hydrogen-bond acceptors (Lipinski definition) is 6. The summed E-state index contributed by atoms with van der Waals surface area (Å²) in [5.41, 5.74) is 3.83. The van der Waals surface area contributed by atoms with Crippen LogP contribution in [0.25, 0.3) is 21.3 Å². The molecule has 0 atom stereocenters. The van der Waals surface area contributed by atoms with Crippen molar-refractivity contribution in [2.75, 3.05) is 7.05 Å². The Hall–Kier alpha value is -2.80. The van der Waals surface area contributed by atoms with Gasteiger partial charge in [-0.25, -0.2) is 9.97 Å². The number of carbonyl (C=O) groups excluding carboxylic acids is 1. The Bertz CT molecular complexity index is 1250. The fourth-order valence-corrected chi connectivity index (χ4v) is 4.90. The number of thiazole rings is 1. The minimum Gasteiger partial charge on any atom is -0.336 e. The van der Waals surface area contributed by atoms with Crippen molar-refractivity contribution in [3.63, 3.8) is 0 Å². The van der Waals surface area contributed by atoms with Crippen molar-refractivity contribution in [2.24, 2.45) is 5.41 Å². The quantitative estimate of drug-likeness (QED) is 0.410. The first-order valence-corrected chi connectivity index (χ1v) is 11.5. The van der Waals surface area contributed by atoms with Crippen molar-refractivity contribution in [3.8, 4) is 0 Å². The smallest absolute Gasteiger partial charge is 0.259 e. The molecular weight excluding hydrogens is 408 g/mol. The molecule has 3 aromatic heterocycles. The van der Waals surface area contributed by atoms with Crippen LogP contribution in [-0.4, -0.2) is 33.0 Å². The van der Waals surface area contributed by atoms with E-state index in [2.05, 4.69) is 37.0 Å². The van der Waals surface area contributed by atoms with Gasteiger partial charge >= 0.3 is 0 Å². The van der Waals surface area contributed by atoms with E-state index in [1.165, 1.54) is 0 Å². The molecule has 0 saturated heterocycles. The zero-order valence-electron chi connectivity index (χ0n) is 18.3. The fourth-order valence-electron chi connectivity index (χ4n) is 3.88. The average Bonchev–Trinajstić information content (AvgIpc) is 3.38. The molecule has 1 aliphatic rings.